The Morgan fingerprint density at radius 1 is 1.09 bits per heavy atom. The van der Waals surface area contributed by atoms with Crippen molar-refractivity contribution in [2.45, 2.75) is 32.7 Å². The molecule has 0 spiro atoms. The maximum atomic E-state index is 14.0. The van der Waals surface area contributed by atoms with E-state index < -0.39 is 6.04 Å². The van der Waals surface area contributed by atoms with Crippen molar-refractivity contribution in [1.29, 1.82) is 0 Å². The zero-order chi connectivity index (χ0) is 23.9. The van der Waals surface area contributed by atoms with Crippen LogP contribution < -0.4 is 20.3 Å². The molecule has 0 bridgehead atoms. The molecular weight excluding hydrogens is 446 g/mol. The molecule has 5 rings (SSSR count). The van der Waals surface area contributed by atoms with Crippen LogP contribution in [0.1, 0.15) is 37.6 Å². The Morgan fingerprint density at radius 3 is 2.62 bits per heavy atom. The maximum Gasteiger partial charge on any atom is 0.327 e. The minimum Gasteiger partial charge on any atom is -0.495 e. The minimum absolute atomic E-state index is 0.0695. The van der Waals surface area contributed by atoms with Gasteiger partial charge in [0.05, 0.1) is 24.2 Å². The Balaban J connectivity index is 1.69. The number of urea groups is 1. The van der Waals surface area contributed by atoms with E-state index in [0.717, 1.165) is 22.7 Å². The Kier molecular flexibility index (Phi) is 5.65. The van der Waals surface area contributed by atoms with Crippen molar-refractivity contribution < 1.29 is 14.3 Å². The van der Waals surface area contributed by atoms with Crippen LogP contribution in [0.4, 0.5) is 21.9 Å². The monoisotopic (exact) mass is 473 g/mol. The molecule has 1 atom stereocenters. The highest BCUT2D eigenvalue weighted by Crippen LogP contribution is 2.49. The first-order valence-electron chi connectivity index (χ1n) is 11.3. The third kappa shape index (κ3) is 3.96. The molecule has 174 valence electrons. The van der Waals surface area contributed by atoms with Crippen LogP contribution in [0.15, 0.2) is 77.3 Å². The maximum absolute atomic E-state index is 14.0. The molecule has 0 radical (unpaired) electrons. The van der Waals surface area contributed by atoms with E-state index in [2.05, 4.69) is 24.5 Å². The fourth-order valence-electron chi connectivity index (χ4n) is 4.85. The third-order valence-corrected chi connectivity index (χ3v) is 7.21. The van der Waals surface area contributed by atoms with Crippen molar-refractivity contribution >= 4 is 40.2 Å². The summed E-state index contributed by atoms with van der Waals surface area (Å²) in [6, 6.07) is 18.1. The van der Waals surface area contributed by atoms with Gasteiger partial charge in [-0.15, -0.1) is 11.3 Å². The van der Waals surface area contributed by atoms with E-state index in [1.807, 2.05) is 53.9 Å². The molecule has 1 aliphatic carbocycles. The number of thiophene rings is 1. The Labute approximate surface area is 203 Å². The van der Waals surface area contributed by atoms with Crippen LogP contribution >= 0.6 is 11.3 Å². The summed E-state index contributed by atoms with van der Waals surface area (Å²) in [5, 5.41) is 8.53. The predicted molar refractivity (Wildman–Crippen MR) is 137 cm³/mol. The number of benzene rings is 2. The molecule has 0 saturated carbocycles. The normalized spacial score (nSPS) is 19.0. The van der Waals surface area contributed by atoms with Crippen LogP contribution in [0, 0.1) is 5.41 Å². The minimum atomic E-state index is -0.538. The van der Waals surface area contributed by atoms with Gasteiger partial charge < -0.3 is 15.4 Å². The van der Waals surface area contributed by atoms with Crippen molar-refractivity contribution in [3.05, 3.63) is 82.2 Å². The predicted octanol–water partition coefficient (Wildman–Crippen LogP) is 6.61. The lowest BCUT2D eigenvalue weighted by Gasteiger charge is -2.36. The largest absolute Gasteiger partial charge is 0.495 e. The van der Waals surface area contributed by atoms with Gasteiger partial charge in [-0.3, -0.25) is 9.69 Å². The van der Waals surface area contributed by atoms with Crippen LogP contribution in [0.25, 0.3) is 0 Å². The van der Waals surface area contributed by atoms with Crippen molar-refractivity contribution in [2.24, 2.45) is 5.41 Å². The van der Waals surface area contributed by atoms with E-state index in [0.29, 0.717) is 29.1 Å². The standard InChI is InChI=1S/C27H27N3O3S/c1-27(2)15-19-24(21(31)16-27)25(23-13-8-14-34-23)30(20-11-6-4-9-17(20)28-19)26(32)29-18-10-5-7-12-22(18)33-3/h4-14,25,28H,15-16H2,1-3H3,(H,29,32)/t25-/m1/s1. The summed E-state index contributed by atoms with van der Waals surface area (Å²) in [6.45, 7) is 4.22. The highest BCUT2D eigenvalue weighted by Gasteiger charge is 2.43. The number of nitrogens with one attached hydrogen (secondary N) is 2. The van der Waals surface area contributed by atoms with Gasteiger partial charge in [-0.05, 0) is 47.5 Å². The lowest BCUT2D eigenvalue weighted by atomic mass is 9.74. The highest BCUT2D eigenvalue weighted by atomic mass is 32.1. The molecular formula is C27H27N3O3S. The van der Waals surface area contributed by atoms with Crippen molar-refractivity contribution in [3.63, 3.8) is 0 Å². The average Bonchev–Trinajstić information content (AvgIpc) is 3.28. The first kappa shape index (κ1) is 22.2. The number of rotatable bonds is 3. The van der Waals surface area contributed by atoms with E-state index in [1.165, 1.54) is 0 Å². The second-order valence-electron chi connectivity index (χ2n) is 9.39. The van der Waals surface area contributed by atoms with E-state index in [9.17, 15) is 9.59 Å². The molecule has 2 N–H and O–H groups in total. The Hall–Kier alpha value is -3.58. The van der Waals surface area contributed by atoms with Crippen molar-refractivity contribution in [1.82, 2.24) is 0 Å². The SMILES string of the molecule is COc1ccccc1NC(=O)N1c2ccccc2NC2=C(C(=O)CC(C)(C)C2)[C@H]1c1cccs1. The quantitative estimate of drug-likeness (QED) is 0.449. The van der Waals surface area contributed by atoms with Crippen LogP contribution in [0.2, 0.25) is 0 Å². The van der Waals surface area contributed by atoms with E-state index in [4.69, 9.17) is 4.74 Å². The van der Waals surface area contributed by atoms with Gasteiger partial charge in [-0.25, -0.2) is 4.79 Å². The molecule has 2 aromatic carbocycles. The second kappa shape index (κ2) is 8.65. The molecule has 2 amide bonds. The van der Waals surface area contributed by atoms with E-state index >= 15 is 0 Å². The van der Waals surface area contributed by atoms with Gasteiger partial charge in [0.2, 0.25) is 0 Å². The number of para-hydroxylation sites is 4. The summed E-state index contributed by atoms with van der Waals surface area (Å²) in [5.74, 6) is 0.639. The number of methoxy groups -OCH3 is 1. The van der Waals surface area contributed by atoms with Gasteiger partial charge >= 0.3 is 6.03 Å². The second-order valence-corrected chi connectivity index (χ2v) is 10.4. The molecule has 2 heterocycles. The number of ether oxygens (including phenoxy) is 1. The van der Waals surface area contributed by atoms with Gasteiger partial charge in [0, 0.05) is 22.6 Å². The Morgan fingerprint density at radius 2 is 1.85 bits per heavy atom. The summed E-state index contributed by atoms with van der Waals surface area (Å²) in [5.41, 5.74) is 3.47. The van der Waals surface area contributed by atoms with Crippen LogP contribution in [0.5, 0.6) is 5.75 Å². The fourth-order valence-corrected chi connectivity index (χ4v) is 5.67. The lowest BCUT2D eigenvalue weighted by Crippen LogP contribution is -2.41. The van der Waals surface area contributed by atoms with Crippen molar-refractivity contribution in [3.8, 4) is 5.75 Å². The zero-order valence-corrected chi connectivity index (χ0v) is 20.2. The van der Waals surface area contributed by atoms with Crippen molar-refractivity contribution in [2.75, 3.05) is 22.6 Å². The summed E-state index contributed by atoms with van der Waals surface area (Å²) in [4.78, 5) is 30.2. The number of fused-ring (bicyclic) bond motifs is 1. The molecule has 34 heavy (non-hydrogen) atoms. The molecule has 1 aliphatic heterocycles. The summed E-state index contributed by atoms with van der Waals surface area (Å²) in [6.07, 6.45) is 1.17. The number of ketones is 1. The number of hydrogen-bond donors (Lipinski definition) is 2. The first-order valence-corrected chi connectivity index (χ1v) is 12.1. The average molecular weight is 474 g/mol. The highest BCUT2D eigenvalue weighted by molar-refractivity contribution is 7.10. The van der Waals surface area contributed by atoms with Gasteiger partial charge in [-0.2, -0.15) is 0 Å². The number of allylic oxidation sites excluding steroid dienone is 1. The number of anilines is 3. The first-order chi connectivity index (χ1) is 16.4. The van der Waals surface area contributed by atoms with E-state index in [1.54, 1.807) is 35.5 Å². The molecule has 6 nitrogen and oxygen atoms in total. The smallest absolute Gasteiger partial charge is 0.327 e. The molecule has 0 saturated heterocycles. The van der Waals surface area contributed by atoms with Crippen LogP contribution in [-0.2, 0) is 4.79 Å². The van der Waals surface area contributed by atoms with Gasteiger partial charge in [0.25, 0.3) is 0 Å². The lowest BCUT2D eigenvalue weighted by molar-refractivity contribution is -0.118. The van der Waals surface area contributed by atoms with E-state index in [-0.39, 0.29) is 17.2 Å². The van der Waals surface area contributed by atoms with Gasteiger partial charge in [0.15, 0.2) is 5.78 Å². The molecule has 1 aromatic heterocycles. The van der Waals surface area contributed by atoms with Crippen LogP contribution in [-0.4, -0.2) is 18.9 Å². The molecule has 2 aliphatic rings. The zero-order valence-electron chi connectivity index (χ0n) is 19.4. The number of hydrogen-bond acceptors (Lipinski definition) is 5. The molecule has 3 aromatic rings. The summed E-state index contributed by atoms with van der Waals surface area (Å²) in [7, 11) is 1.57. The van der Waals surface area contributed by atoms with Crippen LogP contribution in [0.3, 0.4) is 0 Å². The summed E-state index contributed by atoms with van der Waals surface area (Å²) >= 11 is 1.55. The molecule has 7 heteroatoms. The fraction of sp³-hybridized carbons (Fsp3) is 0.259. The summed E-state index contributed by atoms with van der Waals surface area (Å²) < 4.78 is 5.45. The number of amides is 2. The molecule has 0 fully saturated rings. The number of carbonyl (C=O) groups is 2. The third-order valence-electron chi connectivity index (χ3n) is 6.28. The van der Waals surface area contributed by atoms with Gasteiger partial charge in [-0.1, -0.05) is 44.2 Å². The number of nitrogens with zero attached hydrogens (tertiary/aromatic N) is 1. The molecule has 0 unspecified atom stereocenters. The number of carbonyl (C=O) groups excluding carboxylic acids is 2. The Bertz CT molecular complexity index is 1280. The number of Topliss-reactive ketones (excluding diaryl/α,β-unsaturated/α-hetero) is 1. The topological polar surface area (TPSA) is 70.7 Å². The van der Waals surface area contributed by atoms with Gasteiger partial charge in [0.1, 0.15) is 11.8 Å².